The van der Waals surface area contributed by atoms with Gasteiger partial charge in [-0.3, -0.25) is 19.7 Å². The van der Waals surface area contributed by atoms with Gasteiger partial charge in [-0.15, -0.1) is 11.3 Å². The van der Waals surface area contributed by atoms with Gasteiger partial charge in [0.1, 0.15) is 0 Å². The van der Waals surface area contributed by atoms with Crippen molar-refractivity contribution in [3.63, 3.8) is 0 Å². The highest BCUT2D eigenvalue weighted by Crippen LogP contribution is 2.23. The normalized spacial score (nSPS) is 30.0. The van der Waals surface area contributed by atoms with Crippen LogP contribution in [0, 0.1) is 0 Å². The molecule has 0 amide bonds. The minimum absolute atomic E-state index is 0.624. The van der Waals surface area contributed by atoms with Crippen LogP contribution in [-0.2, 0) is 6.54 Å². The molecule has 144 valence electrons. The Hall–Kier alpha value is -0.860. The number of nitrogens with zero attached hydrogens (tertiary/aromatic N) is 5. The highest BCUT2D eigenvalue weighted by Gasteiger charge is 2.32. The molecule has 0 saturated carbocycles. The Morgan fingerprint density at radius 1 is 1.15 bits per heavy atom. The fourth-order valence-corrected chi connectivity index (χ4v) is 5.36. The molecule has 0 radical (unpaired) electrons. The van der Waals surface area contributed by atoms with Gasteiger partial charge in [0.2, 0.25) is 0 Å². The number of hydrogen-bond donors (Lipinski definition) is 1. The number of rotatable bonds is 4. The molecule has 4 saturated heterocycles. The Balaban J connectivity index is 1.23. The third kappa shape index (κ3) is 4.34. The van der Waals surface area contributed by atoms with E-state index in [-0.39, 0.29) is 0 Å². The van der Waals surface area contributed by atoms with Crippen LogP contribution in [0.25, 0.3) is 0 Å². The maximum Gasteiger partial charge on any atom is 0.193 e. The van der Waals surface area contributed by atoms with Gasteiger partial charge in [-0.2, -0.15) is 0 Å². The van der Waals surface area contributed by atoms with E-state index in [9.17, 15) is 0 Å². The number of halogens is 1. The molecule has 4 aliphatic rings. The standard InChI is InChI=1S/C18H29ClN6S/c1-20-18(21-12-15-13-22-4-8-24(15)9-5-22)25-10-6-23(7-11-25)14-16-2-3-17(19)26-16/h2-3,15H,4-14H2,1H3,(H,20,21). The second kappa shape index (κ2) is 8.44. The van der Waals surface area contributed by atoms with Crippen molar-refractivity contribution in [2.24, 2.45) is 4.99 Å². The Kier molecular flexibility index (Phi) is 6.00. The average molecular weight is 397 g/mol. The molecule has 2 bridgehead atoms. The summed E-state index contributed by atoms with van der Waals surface area (Å²) in [5, 5.41) is 3.64. The minimum atomic E-state index is 0.624. The van der Waals surface area contributed by atoms with Gasteiger partial charge in [-0.05, 0) is 12.1 Å². The van der Waals surface area contributed by atoms with Crippen molar-refractivity contribution in [2.45, 2.75) is 12.6 Å². The van der Waals surface area contributed by atoms with Crippen molar-refractivity contribution in [3.05, 3.63) is 21.3 Å². The van der Waals surface area contributed by atoms with Crippen LogP contribution in [-0.4, -0.2) is 104 Å². The number of nitrogens with one attached hydrogen (secondary N) is 1. The Bertz CT molecular complexity index is 619. The van der Waals surface area contributed by atoms with E-state index in [1.165, 1.54) is 37.6 Å². The molecule has 5 heterocycles. The van der Waals surface area contributed by atoms with Gasteiger partial charge in [0.25, 0.3) is 0 Å². The minimum Gasteiger partial charge on any atom is -0.355 e. The molecule has 1 atom stereocenters. The molecular formula is C18H29ClN6S. The number of aliphatic imine (C=N–C) groups is 1. The molecule has 8 heteroatoms. The van der Waals surface area contributed by atoms with Crippen LogP contribution in [0.5, 0.6) is 0 Å². The third-order valence-corrected chi connectivity index (χ3v) is 7.00. The first-order valence-corrected chi connectivity index (χ1v) is 10.8. The number of piperazine rings is 4. The van der Waals surface area contributed by atoms with Crippen molar-refractivity contribution in [1.82, 2.24) is 24.9 Å². The predicted octanol–water partition coefficient (Wildman–Crippen LogP) is 1.09. The van der Waals surface area contributed by atoms with Crippen LogP contribution < -0.4 is 5.32 Å². The zero-order valence-electron chi connectivity index (χ0n) is 15.5. The van der Waals surface area contributed by atoms with Gasteiger partial charge >= 0.3 is 0 Å². The quantitative estimate of drug-likeness (QED) is 0.609. The summed E-state index contributed by atoms with van der Waals surface area (Å²) in [6, 6.07) is 4.76. The fourth-order valence-electron chi connectivity index (χ4n) is 4.23. The number of guanidine groups is 1. The highest BCUT2D eigenvalue weighted by molar-refractivity contribution is 7.16. The summed E-state index contributed by atoms with van der Waals surface area (Å²) in [6.45, 7) is 12.3. The predicted molar refractivity (Wildman–Crippen MR) is 109 cm³/mol. The third-order valence-electron chi connectivity index (χ3n) is 5.78. The topological polar surface area (TPSA) is 37.4 Å². The summed E-state index contributed by atoms with van der Waals surface area (Å²) in [5.41, 5.74) is 0. The number of hydrogen-bond acceptors (Lipinski definition) is 5. The van der Waals surface area contributed by atoms with Crippen molar-refractivity contribution in [2.75, 3.05) is 72.5 Å². The van der Waals surface area contributed by atoms with Gasteiger partial charge in [-0.1, -0.05) is 11.6 Å². The first-order valence-electron chi connectivity index (χ1n) is 9.60. The summed E-state index contributed by atoms with van der Waals surface area (Å²) in [5.74, 6) is 1.06. The van der Waals surface area contributed by atoms with Crippen LogP contribution in [0.3, 0.4) is 0 Å². The van der Waals surface area contributed by atoms with Gasteiger partial charge < -0.3 is 10.2 Å². The second-order valence-corrected chi connectivity index (χ2v) is 9.19. The van der Waals surface area contributed by atoms with Crippen molar-refractivity contribution >= 4 is 28.9 Å². The maximum absolute atomic E-state index is 6.05. The smallest absolute Gasteiger partial charge is 0.193 e. The molecule has 1 aromatic heterocycles. The van der Waals surface area contributed by atoms with E-state index in [1.807, 2.05) is 13.1 Å². The number of fused-ring (bicyclic) bond motifs is 3. The lowest BCUT2D eigenvalue weighted by Crippen LogP contribution is -2.64. The van der Waals surface area contributed by atoms with Gasteiger partial charge in [0.05, 0.1) is 4.34 Å². The average Bonchev–Trinajstić information content (AvgIpc) is 3.09. The van der Waals surface area contributed by atoms with E-state index in [0.29, 0.717) is 6.04 Å². The van der Waals surface area contributed by atoms with Gasteiger partial charge in [-0.25, -0.2) is 0 Å². The molecule has 0 spiro atoms. The molecule has 5 rings (SSSR count). The van der Waals surface area contributed by atoms with Crippen LogP contribution in [0.4, 0.5) is 0 Å². The van der Waals surface area contributed by atoms with Gasteiger partial charge in [0, 0.05) is 90.0 Å². The van der Waals surface area contributed by atoms with E-state index < -0.39 is 0 Å². The molecule has 4 aliphatic heterocycles. The first kappa shape index (κ1) is 18.5. The van der Waals surface area contributed by atoms with Crippen LogP contribution in [0.1, 0.15) is 4.88 Å². The van der Waals surface area contributed by atoms with Crippen molar-refractivity contribution in [3.8, 4) is 0 Å². The van der Waals surface area contributed by atoms with Crippen molar-refractivity contribution < 1.29 is 0 Å². The van der Waals surface area contributed by atoms with E-state index >= 15 is 0 Å². The lowest BCUT2D eigenvalue weighted by Gasteiger charge is -2.47. The summed E-state index contributed by atoms with van der Waals surface area (Å²) >= 11 is 7.73. The molecule has 26 heavy (non-hydrogen) atoms. The molecule has 0 aliphatic carbocycles. The maximum atomic E-state index is 6.05. The molecule has 0 aromatic carbocycles. The van der Waals surface area contributed by atoms with Crippen LogP contribution >= 0.6 is 22.9 Å². The molecular weight excluding hydrogens is 368 g/mol. The second-order valence-electron chi connectivity index (χ2n) is 7.39. The zero-order chi connectivity index (χ0) is 17.9. The lowest BCUT2D eigenvalue weighted by molar-refractivity contribution is 0.0151. The lowest BCUT2D eigenvalue weighted by atomic mass is 10.1. The molecule has 1 unspecified atom stereocenters. The number of thiophene rings is 1. The van der Waals surface area contributed by atoms with E-state index in [0.717, 1.165) is 49.6 Å². The van der Waals surface area contributed by atoms with Gasteiger partial charge in [0.15, 0.2) is 5.96 Å². The van der Waals surface area contributed by atoms with E-state index in [4.69, 9.17) is 11.6 Å². The fraction of sp³-hybridized carbons (Fsp3) is 0.722. The monoisotopic (exact) mass is 396 g/mol. The SMILES string of the molecule is CN=C(NCC1CN2CCN1CC2)N1CCN(Cc2ccc(Cl)s2)CC1. The van der Waals surface area contributed by atoms with Crippen molar-refractivity contribution in [1.29, 1.82) is 0 Å². The summed E-state index contributed by atoms with van der Waals surface area (Å²) in [6.07, 6.45) is 0. The summed E-state index contributed by atoms with van der Waals surface area (Å²) < 4.78 is 0.881. The summed E-state index contributed by atoms with van der Waals surface area (Å²) in [7, 11) is 1.90. The highest BCUT2D eigenvalue weighted by atomic mass is 35.5. The zero-order valence-corrected chi connectivity index (χ0v) is 17.1. The first-order chi connectivity index (χ1) is 12.7. The van der Waals surface area contributed by atoms with E-state index in [1.54, 1.807) is 11.3 Å². The molecule has 1 N–H and O–H groups in total. The Morgan fingerprint density at radius 2 is 1.92 bits per heavy atom. The van der Waals surface area contributed by atoms with Crippen LogP contribution in [0.2, 0.25) is 4.34 Å². The molecule has 1 aromatic rings. The van der Waals surface area contributed by atoms with E-state index in [2.05, 4.69) is 36.0 Å². The van der Waals surface area contributed by atoms with Crippen LogP contribution in [0.15, 0.2) is 17.1 Å². The Morgan fingerprint density at radius 3 is 2.50 bits per heavy atom. The summed E-state index contributed by atoms with van der Waals surface area (Å²) in [4.78, 5) is 16.0. The molecule has 4 fully saturated rings. The largest absolute Gasteiger partial charge is 0.355 e. The molecule has 6 nitrogen and oxygen atoms in total. The Labute approximate surface area is 165 Å².